The molecule has 0 spiro atoms. The molecule has 116 valence electrons. The molecule has 0 saturated carbocycles. The number of primary amides is 1. The summed E-state index contributed by atoms with van der Waals surface area (Å²) in [5.41, 5.74) is 6.52. The van der Waals surface area contributed by atoms with Crippen LogP contribution in [0.1, 0.15) is 11.3 Å². The standard InChI is InChI=1S/C12H11N3O5S2/c13-12(16)7-4-6-9(5-14-7)15-8-2-1-3-10(11(6)8)21(17,18)22(15,19)20/h1-3,7,14H,4-5H2,(H2,13,16). The van der Waals surface area contributed by atoms with E-state index in [-0.39, 0.29) is 17.9 Å². The normalized spacial score (nSPS) is 24.3. The second kappa shape index (κ2) is 3.89. The van der Waals surface area contributed by atoms with Gasteiger partial charge in [0.25, 0.3) is 0 Å². The summed E-state index contributed by atoms with van der Waals surface area (Å²) in [6.45, 7) is 0.0613. The predicted octanol–water partition coefficient (Wildman–Crippen LogP) is -0.979. The summed E-state index contributed by atoms with van der Waals surface area (Å²) in [5, 5.41) is 3.22. The maximum absolute atomic E-state index is 12.5. The molecule has 0 saturated heterocycles. The number of hydrogen-bond acceptors (Lipinski definition) is 6. The summed E-state index contributed by atoms with van der Waals surface area (Å²) in [6, 6.07) is 3.69. The topological polar surface area (TPSA) is 128 Å². The second-order valence-electron chi connectivity index (χ2n) is 5.29. The number of hydrogen-bond donors (Lipinski definition) is 2. The van der Waals surface area contributed by atoms with Gasteiger partial charge >= 0.3 is 17.9 Å². The smallest absolute Gasteiger partial charge is 0.350 e. The Hall–Kier alpha value is -1.91. The van der Waals surface area contributed by atoms with Crippen LogP contribution in [0.2, 0.25) is 0 Å². The lowest BCUT2D eigenvalue weighted by molar-refractivity contribution is -0.120. The van der Waals surface area contributed by atoms with Gasteiger partial charge in [-0.3, -0.25) is 10.1 Å². The van der Waals surface area contributed by atoms with E-state index in [4.69, 9.17) is 5.73 Å². The first-order valence-corrected chi connectivity index (χ1v) is 9.89. The highest BCUT2D eigenvalue weighted by Gasteiger charge is 2.45. The van der Waals surface area contributed by atoms with Crippen molar-refractivity contribution in [2.45, 2.75) is 23.9 Å². The molecule has 0 fully saturated rings. The van der Waals surface area contributed by atoms with Crippen molar-refractivity contribution in [3.8, 4) is 0 Å². The highest BCUT2D eigenvalue weighted by atomic mass is 33.2. The Morgan fingerprint density at radius 3 is 2.68 bits per heavy atom. The summed E-state index contributed by atoms with van der Waals surface area (Å²) in [7, 11) is -9.06. The first-order chi connectivity index (χ1) is 10.3. The highest BCUT2D eigenvalue weighted by molar-refractivity contribution is 8.66. The zero-order valence-electron chi connectivity index (χ0n) is 11.1. The summed E-state index contributed by atoms with van der Waals surface area (Å²) in [6.07, 6.45) is 0.163. The molecule has 4 bridgehead atoms. The minimum Gasteiger partial charge on any atom is -0.368 e. The van der Waals surface area contributed by atoms with E-state index in [1.54, 1.807) is 6.07 Å². The number of carbonyl (C=O) groups is 1. The minimum absolute atomic E-state index is 0.0613. The van der Waals surface area contributed by atoms with Gasteiger partial charge in [-0.05, 0) is 24.1 Å². The maximum atomic E-state index is 12.5. The summed E-state index contributed by atoms with van der Waals surface area (Å²) >= 11 is 0. The van der Waals surface area contributed by atoms with Crippen molar-refractivity contribution in [3.05, 3.63) is 29.5 Å². The van der Waals surface area contributed by atoms with Gasteiger partial charge in [-0.15, -0.1) is 0 Å². The first kappa shape index (κ1) is 13.7. The van der Waals surface area contributed by atoms with Crippen LogP contribution in [0.3, 0.4) is 0 Å². The number of aromatic nitrogens is 1. The molecule has 22 heavy (non-hydrogen) atoms. The summed E-state index contributed by atoms with van der Waals surface area (Å²) in [5.74, 6) is -0.561. The molecule has 2 aliphatic rings. The first-order valence-electron chi connectivity index (χ1n) is 6.45. The fourth-order valence-electron chi connectivity index (χ4n) is 3.18. The van der Waals surface area contributed by atoms with Gasteiger partial charge in [-0.2, -0.15) is 8.42 Å². The fraction of sp³-hybridized carbons (Fsp3) is 0.250. The van der Waals surface area contributed by atoms with Crippen LogP contribution in [-0.4, -0.2) is 32.8 Å². The lowest BCUT2D eigenvalue weighted by Crippen LogP contribution is -2.45. The van der Waals surface area contributed by atoms with Crippen molar-refractivity contribution in [2.75, 3.05) is 0 Å². The highest BCUT2D eigenvalue weighted by Crippen LogP contribution is 2.42. The van der Waals surface area contributed by atoms with Crippen molar-refractivity contribution in [1.29, 1.82) is 0 Å². The molecule has 1 aromatic carbocycles. The van der Waals surface area contributed by atoms with Crippen molar-refractivity contribution in [1.82, 2.24) is 9.29 Å². The van der Waals surface area contributed by atoms with Crippen molar-refractivity contribution >= 4 is 34.7 Å². The summed E-state index contributed by atoms with van der Waals surface area (Å²) in [4.78, 5) is 11.2. The van der Waals surface area contributed by atoms with Gasteiger partial charge in [-0.25, -0.2) is 12.4 Å². The SMILES string of the molecule is NC(=O)C1Cc2c(n3c4cccc(c24)S(=O)(=O)S3(=O)=O)CN1. The molecule has 3 heterocycles. The van der Waals surface area contributed by atoms with Crippen LogP contribution in [0.15, 0.2) is 23.1 Å². The molecular formula is C12H11N3O5S2. The number of amides is 1. The predicted molar refractivity (Wildman–Crippen MR) is 77.0 cm³/mol. The Labute approximate surface area is 125 Å². The van der Waals surface area contributed by atoms with Gasteiger partial charge in [0.15, 0.2) is 0 Å². The van der Waals surface area contributed by atoms with Crippen molar-refractivity contribution in [3.63, 3.8) is 0 Å². The average Bonchev–Trinajstić information content (AvgIpc) is 2.77. The van der Waals surface area contributed by atoms with Crippen LogP contribution in [0.5, 0.6) is 0 Å². The summed E-state index contributed by atoms with van der Waals surface area (Å²) < 4.78 is 50.5. The maximum Gasteiger partial charge on any atom is 0.350 e. The molecule has 0 radical (unpaired) electrons. The largest absolute Gasteiger partial charge is 0.368 e. The Morgan fingerprint density at radius 1 is 1.27 bits per heavy atom. The number of nitrogens with zero attached hydrogens (tertiary/aromatic N) is 1. The molecule has 10 heteroatoms. The monoisotopic (exact) mass is 341 g/mol. The molecule has 2 aliphatic heterocycles. The van der Waals surface area contributed by atoms with E-state index < -0.39 is 29.9 Å². The van der Waals surface area contributed by atoms with Crippen molar-refractivity contribution in [2.24, 2.45) is 5.73 Å². The van der Waals surface area contributed by atoms with E-state index >= 15 is 0 Å². The van der Waals surface area contributed by atoms with Gasteiger partial charge in [-0.1, -0.05) is 6.07 Å². The van der Waals surface area contributed by atoms with Crippen LogP contribution < -0.4 is 11.1 Å². The van der Waals surface area contributed by atoms with Crippen LogP contribution in [0.25, 0.3) is 10.9 Å². The van der Waals surface area contributed by atoms with Gasteiger partial charge in [0.05, 0.1) is 22.1 Å². The number of fused-ring (bicyclic) bond motifs is 2. The third-order valence-electron chi connectivity index (χ3n) is 4.16. The minimum atomic E-state index is -4.56. The number of carbonyl (C=O) groups excluding carboxylic acids is 1. The van der Waals surface area contributed by atoms with Gasteiger partial charge in [0.2, 0.25) is 5.91 Å². The number of nitrogens with one attached hydrogen (secondary N) is 1. The number of benzene rings is 1. The molecule has 0 aliphatic carbocycles. The number of nitrogens with two attached hydrogens (primary N) is 1. The average molecular weight is 341 g/mol. The third-order valence-corrected chi connectivity index (χ3v) is 9.10. The lowest BCUT2D eigenvalue weighted by Gasteiger charge is -2.22. The zero-order valence-corrected chi connectivity index (χ0v) is 12.7. The van der Waals surface area contributed by atoms with Gasteiger partial charge in [0, 0.05) is 11.9 Å². The van der Waals surface area contributed by atoms with Crippen LogP contribution >= 0.6 is 0 Å². The lowest BCUT2D eigenvalue weighted by atomic mass is 9.98. The molecule has 8 nitrogen and oxygen atoms in total. The molecule has 4 rings (SSSR count). The van der Waals surface area contributed by atoms with Crippen LogP contribution in [0.4, 0.5) is 0 Å². The molecular weight excluding hydrogens is 330 g/mol. The van der Waals surface area contributed by atoms with Crippen LogP contribution in [-0.2, 0) is 35.7 Å². The molecule has 1 unspecified atom stereocenters. The van der Waals surface area contributed by atoms with E-state index in [1.807, 2.05) is 0 Å². The second-order valence-corrected chi connectivity index (χ2v) is 10.4. The van der Waals surface area contributed by atoms with Gasteiger partial charge in [0.1, 0.15) is 0 Å². The third kappa shape index (κ3) is 1.37. The van der Waals surface area contributed by atoms with Crippen molar-refractivity contribution < 1.29 is 21.6 Å². The van der Waals surface area contributed by atoms with E-state index in [0.29, 0.717) is 22.2 Å². The van der Waals surface area contributed by atoms with Gasteiger partial charge < -0.3 is 5.73 Å². The van der Waals surface area contributed by atoms with E-state index in [9.17, 15) is 21.6 Å². The Bertz CT molecular complexity index is 1070. The molecule has 1 amide bonds. The van der Waals surface area contributed by atoms with E-state index in [0.717, 1.165) is 3.97 Å². The number of rotatable bonds is 1. The molecule has 2 aromatic rings. The Morgan fingerprint density at radius 2 is 2.00 bits per heavy atom. The Balaban J connectivity index is 2.19. The van der Waals surface area contributed by atoms with Crippen LogP contribution in [0, 0.1) is 0 Å². The quantitative estimate of drug-likeness (QED) is 0.642. The Kier molecular flexibility index (Phi) is 2.43. The molecule has 1 aromatic heterocycles. The molecule has 3 N–H and O–H groups in total. The fourth-order valence-corrected chi connectivity index (χ4v) is 7.36. The van der Waals surface area contributed by atoms with E-state index in [2.05, 4.69) is 5.32 Å². The molecule has 1 atom stereocenters. The zero-order chi connectivity index (χ0) is 15.9. The van der Waals surface area contributed by atoms with E-state index in [1.165, 1.54) is 12.1 Å².